The summed E-state index contributed by atoms with van der Waals surface area (Å²) in [5.41, 5.74) is 1.90. The van der Waals surface area contributed by atoms with Gasteiger partial charge in [-0.05, 0) is 30.3 Å². The molecule has 1 aromatic heterocycles. The van der Waals surface area contributed by atoms with Gasteiger partial charge in [-0.1, -0.05) is 50.0 Å². The topological polar surface area (TPSA) is 47.0 Å². The molecule has 1 atom stereocenters. The zero-order chi connectivity index (χ0) is 19.0. The van der Waals surface area contributed by atoms with E-state index in [4.69, 9.17) is 27.6 Å². The molecule has 2 rings (SSSR count). The average Bonchev–Trinajstić information content (AvgIpc) is 2.66. The SMILES string of the molecule is CC[Si](CC)(CC)OC(CNCc1cncnc1)c1c(Cl)cccc1Cl. The maximum Gasteiger partial charge on any atom is 0.192 e. The quantitative estimate of drug-likeness (QED) is 0.514. The van der Waals surface area contributed by atoms with Crippen molar-refractivity contribution in [3.05, 3.63) is 58.1 Å². The Bertz CT molecular complexity index is 655. The highest BCUT2D eigenvalue weighted by molar-refractivity contribution is 6.73. The van der Waals surface area contributed by atoms with E-state index in [1.54, 1.807) is 0 Å². The van der Waals surface area contributed by atoms with Gasteiger partial charge in [-0.2, -0.15) is 0 Å². The summed E-state index contributed by atoms with van der Waals surface area (Å²) in [6.07, 6.45) is 4.97. The molecular formula is C19H27Cl2N3OSi. The van der Waals surface area contributed by atoms with E-state index in [2.05, 4.69) is 36.1 Å². The molecular weight excluding hydrogens is 385 g/mol. The van der Waals surface area contributed by atoms with E-state index in [-0.39, 0.29) is 6.10 Å². The van der Waals surface area contributed by atoms with Crippen LogP contribution in [-0.4, -0.2) is 24.8 Å². The maximum atomic E-state index is 6.75. The zero-order valence-electron chi connectivity index (χ0n) is 15.6. The molecule has 0 saturated heterocycles. The first-order valence-corrected chi connectivity index (χ1v) is 12.4. The molecule has 26 heavy (non-hydrogen) atoms. The number of halogens is 2. The Morgan fingerprint density at radius 1 is 1.04 bits per heavy atom. The van der Waals surface area contributed by atoms with Gasteiger partial charge in [-0.15, -0.1) is 0 Å². The van der Waals surface area contributed by atoms with Crippen LogP contribution in [0.5, 0.6) is 0 Å². The average molecular weight is 412 g/mol. The molecule has 1 unspecified atom stereocenters. The van der Waals surface area contributed by atoms with Gasteiger partial charge < -0.3 is 9.74 Å². The minimum Gasteiger partial charge on any atom is -0.409 e. The zero-order valence-corrected chi connectivity index (χ0v) is 18.1. The summed E-state index contributed by atoms with van der Waals surface area (Å²) in [6.45, 7) is 7.96. The summed E-state index contributed by atoms with van der Waals surface area (Å²) in [7, 11) is -1.82. The Morgan fingerprint density at radius 2 is 1.62 bits per heavy atom. The van der Waals surface area contributed by atoms with Gasteiger partial charge >= 0.3 is 0 Å². The van der Waals surface area contributed by atoms with Crippen LogP contribution in [0.25, 0.3) is 0 Å². The van der Waals surface area contributed by atoms with E-state index in [0.717, 1.165) is 29.3 Å². The fourth-order valence-corrected chi connectivity index (χ4v) is 6.54. The predicted octanol–water partition coefficient (Wildman–Crippen LogP) is 5.64. The first-order valence-electron chi connectivity index (χ1n) is 9.11. The van der Waals surface area contributed by atoms with Crippen molar-refractivity contribution in [2.75, 3.05) is 6.54 Å². The third-order valence-electron chi connectivity index (χ3n) is 4.92. The molecule has 0 aliphatic carbocycles. The molecule has 0 bridgehead atoms. The molecule has 0 fully saturated rings. The van der Waals surface area contributed by atoms with Crippen LogP contribution in [0.1, 0.15) is 38.0 Å². The standard InChI is InChI=1S/C19H27Cl2N3OSi/c1-4-26(5-2,6-3)25-18(19-16(20)8-7-9-17(19)21)13-22-10-15-11-23-14-24-12-15/h7-9,11-12,14,18,22H,4-6,10,13H2,1-3H3. The Balaban J connectivity index is 2.21. The highest BCUT2D eigenvalue weighted by Gasteiger charge is 2.33. The molecule has 142 valence electrons. The van der Waals surface area contributed by atoms with E-state index in [1.165, 1.54) is 6.33 Å². The first-order chi connectivity index (χ1) is 12.5. The molecule has 1 heterocycles. The number of aromatic nitrogens is 2. The van der Waals surface area contributed by atoms with Gasteiger partial charge in [-0.3, -0.25) is 0 Å². The van der Waals surface area contributed by atoms with Crippen molar-refractivity contribution in [3.8, 4) is 0 Å². The lowest BCUT2D eigenvalue weighted by Gasteiger charge is -2.34. The van der Waals surface area contributed by atoms with Crippen molar-refractivity contribution in [2.24, 2.45) is 0 Å². The van der Waals surface area contributed by atoms with Gasteiger partial charge in [0.1, 0.15) is 6.33 Å². The van der Waals surface area contributed by atoms with Crippen LogP contribution in [-0.2, 0) is 11.0 Å². The lowest BCUT2D eigenvalue weighted by Crippen LogP contribution is -2.40. The lowest BCUT2D eigenvalue weighted by atomic mass is 10.1. The van der Waals surface area contributed by atoms with Crippen LogP contribution in [0, 0.1) is 0 Å². The van der Waals surface area contributed by atoms with Crippen LogP contribution in [0.2, 0.25) is 28.2 Å². The molecule has 0 spiro atoms. The Kier molecular flexibility index (Phi) is 8.51. The Hall–Kier alpha value is -0.983. The van der Waals surface area contributed by atoms with Crippen molar-refractivity contribution in [2.45, 2.75) is 51.6 Å². The third kappa shape index (κ3) is 5.51. The minimum absolute atomic E-state index is 0.174. The molecule has 0 aliphatic heterocycles. The second kappa shape index (κ2) is 10.4. The van der Waals surface area contributed by atoms with E-state index in [9.17, 15) is 0 Å². The second-order valence-corrected chi connectivity index (χ2v) is 11.9. The number of hydrogen-bond donors (Lipinski definition) is 1. The highest BCUT2D eigenvalue weighted by atomic mass is 35.5. The van der Waals surface area contributed by atoms with Gasteiger partial charge in [0.2, 0.25) is 0 Å². The van der Waals surface area contributed by atoms with Crippen LogP contribution >= 0.6 is 23.2 Å². The molecule has 2 aromatic rings. The summed E-state index contributed by atoms with van der Waals surface area (Å²) in [4.78, 5) is 8.10. The van der Waals surface area contributed by atoms with Gasteiger partial charge in [0.25, 0.3) is 0 Å². The van der Waals surface area contributed by atoms with Gasteiger partial charge in [0.05, 0.1) is 6.10 Å². The maximum absolute atomic E-state index is 6.75. The Labute approximate surface area is 167 Å². The van der Waals surface area contributed by atoms with Crippen molar-refractivity contribution < 1.29 is 4.43 Å². The number of nitrogens with one attached hydrogen (secondary N) is 1. The summed E-state index contributed by atoms with van der Waals surface area (Å²) in [5, 5.41) is 4.75. The minimum atomic E-state index is -1.82. The van der Waals surface area contributed by atoms with E-state index in [0.29, 0.717) is 23.1 Å². The molecule has 0 saturated carbocycles. The molecule has 1 N–H and O–H groups in total. The van der Waals surface area contributed by atoms with Crippen LogP contribution in [0.15, 0.2) is 36.9 Å². The number of rotatable bonds is 10. The van der Waals surface area contributed by atoms with Gasteiger partial charge in [0, 0.05) is 46.7 Å². The number of nitrogens with zero attached hydrogens (tertiary/aromatic N) is 2. The van der Waals surface area contributed by atoms with Crippen LogP contribution in [0.4, 0.5) is 0 Å². The first kappa shape index (κ1) is 21.3. The normalized spacial score (nSPS) is 13.0. The molecule has 0 amide bonds. The summed E-state index contributed by atoms with van der Waals surface area (Å²) >= 11 is 13.0. The Morgan fingerprint density at radius 3 is 2.15 bits per heavy atom. The van der Waals surface area contributed by atoms with E-state index < -0.39 is 8.32 Å². The summed E-state index contributed by atoms with van der Waals surface area (Å²) in [6, 6.07) is 8.83. The van der Waals surface area contributed by atoms with E-state index in [1.807, 2.05) is 30.6 Å². The van der Waals surface area contributed by atoms with Crippen LogP contribution < -0.4 is 5.32 Å². The summed E-state index contributed by atoms with van der Waals surface area (Å²) in [5.74, 6) is 0. The highest BCUT2D eigenvalue weighted by Crippen LogP contribution is 2.36. The van der Waals surface area contributed by atoms with Crippen LogP contribution in [0.3, 0.4) is 0 Å². The molecule has 1 aromatic carbocycles. The lowest BCUT2D eigenvalue weighted by molar-refractivity contribution is 0.186. The summed E-state index contributed by atoms with van der Waals surface area (Å²) < 4.78 is 6.75. The van der Waals surface area contributed by atoms with Gasteiger partial charge in [-0.25, -0.2) is 9.97 Å². The third-order valence-corrected chi connectivity index (χ3v) is 10.2. The van der Waals surface area contributed by atoms with Gasteiger partial charge in [0.15, 0.2) is 8.32 Å². The smallest absolute Gasteiger partial charge is 0.192 e. The van der Waals surface area contributed by atoms with E-state index >= 15 is 0 Å². The molecule has 0 radical (unpaired) electrons. The predicted molar refractivity (Wildman–Crippen MR) is 111 cm³/mol. The molecule has 0 aliphatic rings. The van der Waals surface area contributed by atoms with Crippen molar-refractivity contribution in [1.82, 2.24) is 15.3 Å². The molecule has 7 heteroatoms. The van der Waals surface area contributed by atoms with Crippen molar-refractivity contribution in [1.29, 1.82) is 0 Å². The largest absolute Gasteiger partial charge is 0.409 e. The fraction of sp³-hybridized carbons (Fsp3) is 0.474. The van der Waals surface area contributed by atoms with Crippen molar-refractivity contribution >= 4 is 31.5 Å². The number of benzene rings is 1. The monoisotopic (exact) mass is 411 g/mol. The molecule has 4 nitrogen and oxygen atoms in total. The number of hydrogen-bond acceptors (Lipinski definition) is 4. The second-order valence-electron chi connectivity index (χ2n) is 6.36. The fourth-order valence-electron chi connectivity index (χ4n) is 3.09. The van der Waals surface area contributed by atoms with Crippen molar-refractivity contribution in [3.63, 3.8) is 0 Å².